The molecule has 116 valence electrons. The molecule has 4 heteroatoms. The molecule has 0 bridgehead atoms. The van der Waals surface area contributed by atoms with Crippen LogP contribution in [0.5, 0.6) is 0 Å². The van der Waals surface area contributed by atoms with Crippen molar-refractivity contribution >= 4 is 16.8 Å². The van der Waals surface area contributed by atoms with Crippen molar-refractivity contribution in [3.05, 3.63) is 35.9 Å². The van der Waals surface area contributed by atoms with Crippen molar-refractivity contribution in [3.63, 3.8) is 0 Å². The zero-order chi connectivity index (χ0) is 15.1. The zero-order valence-electron chi connectivity index (χ0n) is 12.6. The lowest BCUT2D eigenvalue weighted by atomic mass is 9.97. The van der Waals surface area contributed by atoms with Gasteiger partial charge in [-0.1, -0.05) is 38.0 Å². The highest BCUT2D eigenvalue weighted by molar-refractivity contribution is 7.85. The standard InChI is InChI=1S/C17H24O3S/c1-2-3-13-21(19)16-12-8-7-11-15(16)20-17(18)14-9-5-4-6-10-14/h4-6,9-10,15-16H,2-3,7-8,11-13H2,1H3/t15-,16+,21+/m0/s1. The van der Waals surface area contributed by atoms with Crippen molar-refractivity contribution < 1.29 is 13.7 Å². The van der Waals surface area contributed by atoms with Gasteiger partial charge in [-0.15, -0.1) is 0 Å². The lowest BCUT2D eigenvalue weighted by Crippen LogP contribution is -2.38. The van der Waals surface area contributed by atoms with Crippen molar-refractivity contribution in [3.8, 4) is 0 Å². The maximum Gasteiger partial charge on any atom is 0.338 e. The topological polar surface area (TPSA) is 43.4 Å². The summed E-state index contributed by atoms with van der Waals surface area (Å²) in [6, 6.07) is 9.05. The Morgan fingerprint density at radius 3 is 2.67 bits per heavy atom. The van der Waals surface area contributed by atoms with Crippen LogP contribution in [-0.2, 0) is 15.5 Å². The van der Waals surface area contributed by atoms with Gasteiger partial charge in [0.1, 0.15) is 6.10 Å². The molecule has 1 aliphatic carbocycles. The highest BCUT2D eigenvalue weighted by Gasteiger charge is 2.32. The van der Waals surface area contributed by atoms with Gasteiger partial charge >= 0.3 is 5.97 Å². The summed E-state index contributed by atoms with van der Waals surface area (Å²) in [7, 11) is -0.886. The van der Waals surface area contributed by atoms with Crippen LogP contribution in [0.15, 0.2) is 30.3 Å². The number of benzene rings is 1. The third-order valence-corrected chi connectivity index (χ3v) is 5.85. The van der Waals surface area contributed by atoms with Crippen LogP contribution in [0.25, 0.3) is 0 Å². The van der Waals surface area contributed by atoms with E-state index in [2.05, 4.69) is 6.92 Å². The summed E-state index contributed by atoms with van der Waals surface area (Å²) in [6.07, 6.45) is 5.71. The molecule has 0 spiro atoms. The van der Waals surface area contributed by atoms with Crippen molar-refractivity contribution in [1.29, 1.82) is 0 Å². The molecule has 21 heavy (non-hydrogen) atoms. The molecule has 0 heterocycles. The van der Waals surface area contributed by atoms with Gasteiger partial charge in [0.2, 0.25) is 0 Å². The monoisotopic (exact) mass is 308 g/mol. The molecule has 0 saturated heterocycles. The minimum Gasteiger partial charge on any atom is -0.458 e. The number of ether oxygens (including phenoxy) is 1. The first-order valence-electron chi connectivity index (χ1n) is 7.85. The maximum absolute atomic E-state index is 12.4. The Labute approximate surface area is 129 Å². The van der Waals surface area contributed by atoms with Gasteiger partial charge in [0, 0.05) is 16.6 Å². The van der Waals surface area contributed by atoms with Crippen LogP contribution >= 0.6 is 0 Å². The molecule has 3 atom stereocenters. The Morgan fingerprint density at radius 1 is 1.24 bits per heavy atom. The Hall–Kier alpha value is -1.16. The molecule has 1 aliphatic rings. The molecule has 1 aromatic rings. The molecule has 2 rings (SSSR count). The third kappa shape index (κ3) is 4.67. The minimum atomic E-state index is -0.886. The molecule has 0 aromatic heterocycles. The first-order valence-corrected chi connectivity index (χ1v) is 9.23. The lowest BCUT2D eigenvalue weighted by Gasteiger charge is -2.30. The number of hydrogen-bond donors (Lipinski definition) is 0. The van der Waals surface area contributed by atoms with Crippen LogP contribution in [0, 0.1) is 0 Å². The van der Waals surface area contributed by atoms with E-state index in [4.69, 9.17) is 4.74 Å². The van der Waals surface area contributed by atoms with E-state index in [0.29, 0.717) is 5.56 Å². The normalized spacial score (nSPS) is 23.5. The molecule has 3 nitrogen and oxygen atoms in total. The van der Waals surface area contributed by atoms with Crippen molar-refractivity contribution in [2.24, 2.45) is 0 Å². The van der Waals surface area contributed by atoms with Crippen LogP contribution in [0.2, 0.25) is 0 Å². The molecule has 0 unspecified atom stereocenters. The molecule has 0 N–H and O–H groups in total. The molecule has 1 saturated carbocycles. The van der Waals surface area contributed by atoms with Gasteiger partial charge < -0.3 is 4.74 Å². The van der Waals surface area contributed by atoms with E-state index in [1.54, 1.807) is 12.1 Å². The molecular formula is C17H24O3S. The minimum absolute atomic E-state index is 0.0120. The predicted octanol–water partition coefficient (Wildman–Crippen LogP) is 3.70. The van der Waals surface area contributed by atoms with Gasteiger partial charge in [0.25, 0.3) is 0 Å². The lowest BCUT2D eigenvalue weighted by molar-refractivity contribution is 0.0226. The van der Waals surface area contributed by atoms with Crippen molar-refractivity contribution in [2.75, 3.05) is 5.75 Å². The Bertz CT molecular complexity index is 472. The third-order valence-electron chi connectivity index (χ3n) is 3.95. The number of hydrogen-bond acceptors (Lipinski definition) is 3. The Kier molecular flexibility index (Phi) is 6.43. The van der Waals surface area contributed by atoms with E-state index in [0.717, 1.165) is 44.3 Å². The van der Waals surface area contributed by atoms with Crippen LogP contribution in [0.3, 0.4) is 0 Å². The fourth-order valence-electron chi connectivity index (χ4n) is 2.72. The van der Waals surface area contributed by atoms with Crippen molar-refractivity contribution in [1.82, 2.24) is 0 Å². The van der Waals surface area contributed by atoms with E-state index < -0.39 is 10.8 Å². The fraction of sp³-hybridized carbons (Fsp3) is 0.588. The van der Waals surface area contributed by atoms with E-state index >= 15 is 0 Å². The summed E-state index contributed by atoms with van der Waals surface area (Å²) in [5.41, 5.74) is 0.571. The average molecular weight is 308 g/mol. The van der Waals surface area contributed by atoms with Gasteiger partial charge in [0.15, 0.2) is 0 Å². The van der Waals surface area contributed by atoms with Crippen LogP contribution < -0.4 is 0 Å². The first kappa shape index (κ1) is 16.2. The van der Waals surface area contributed by atoms with Gasteiger partial charge in [-0.05, 0) is 37.8 Å². The summed E-state index contributed by atoms with van der Waals surface area (Å²) in [5, 5.41) is 0.0120. The predicted molar refractivity (Wildman–Crippen MR) is 85.8 cm³/mol. The molecule has 1 aromatic carbocycles. The van der Waals surface area contributed by atoms with Crippen LogP contribution in [0.4, 0.5) is 0 Å². The number of esters is 1. The quantitative estimate of drug-likeness (QED) is 0.753. The van der Waals surface area contributed by atoms with E-state index in [-0.39, 0.29) is 17.3 Å². The smallest absolute Gasteiger partial charge is 0.338 e. The van der Waals surface area contributed by atoms with Crippen LogP contribution in [-0.4, -0.2) is 27.3 Å². The number of carbonyl (C=O) groups excluding carboxylic acids is 1. The zero-order valence-corrected chi connectivity index (χ0v) is 13.4. The second-order valence-electron chi connectivity index (χ2n) is 5.57. The van der Waals surface area contributed by atoms with Crippen LogP contribution in [0.1, 0.15) is 55.8 Å². The highest BCUT2D eigenvalue weighted by Crippen LogP contribution is 2.26. The summed E-state index contributed by atoms with van der Waals surface area (Å²) in [5.74, 6) is 0.431. The van der Waals surface area contributed by atoms with E-state index in [1.807, 2.05) is 18.2 Å². The second kappa shape index (κ2) is 8.32. The molecule has 0 aliphatic heterocycles. The summed E-state index contributed by atoms with van der Waals surface area (Å²) in [4.78, 5) is 12.2. The summed E-state index contributed by atoms with van der Waals surface area (Å²) in [6.45, 7) is 2.10. The Balaban J connectivity index is 1.98. The molecular weight excluding hydrogens is 284 g/mol. The summed E-state index contributed by atoms with van der Waals surface area (Å²) < 4.78 is 18.1. The number of rotatable bonds is 6. The van der Waals surface area contributed by atoms with E-state index in [1.165, 1.54) is 0 Å². The largest absolute Gasteiger partial charge is 0.458 e. The first-order chi connectivity index (χ1) is 10.2. The van der Waals surface area contributed by atoms with Gasteiger partial charge in [0.05, 0.1) is 10.8 Å². The molecule has 1 fully saturated rings. The highest BCUT2D eigenvalue weighted by atomic mass is 32.2. The molecule has 0 radical (unpaired) electrons. The average Bonchev–Trinajstić information content (AvgIpc) is 2.54. The number of carbonyl (C=O) groups is 1. The summed E-state index contributed by atoms with van der Waals surface area (Å²) >= 11 is 0. The fourth-order valence-corrected chi connectivity index (χ4v) is 4.55. The molecule has 0 amide bonds. The SMILES string of the molecule is CCCC[S@@](=O)[C@@H]1CCCC[C@@H]1OC(=O)c1ccccc1. The maximum atomic E-state index is 12.4. The second-order valence-corrected chi connectivity index (χ2v) is 7.35. The van der Waals surface area contributed by atoms with Gasteiger partial charge in [-0.3, -0.25) is 4.21 Å². The number of unbranched alkanes of at least 4 members (excludes halogenated alkanes) is 1. The van der Waals surface area contributed by atoms with E-state index in [9.17, 15) is 9.00 Å². The van der Waals surface area contributed by atoms with Gasteiger partial charge in [-0.2, -0.15) is 0 Å². The Morgan fingerprint density at radius 2 is 1.95 bits per heavy atom. The van der Waals surface area contributed by atoms with Gasteiger partial charge in [-0.25, -0.2) is 4.79 Å². The van der Waals surface area contributed by atoms with Crippen molar-refractivity contribution in [2.45, 2.75) is 56.8 Å².